The highest BCUT2D eigenvalue weighted by Gasteiger charge is 2.22. The van der Waals surface area contributed by atoms with Crippen molar-refractivity contribution < 1.29 is 9.59 Å². The number of benzene rings is 2. The molecule has 0 aliphatic carbocycles. The van der Waals surface area contributed by atoms with Crippen molar-refractivity contribution in [2.75, 3.05) is 13.1 Å². The summed E-state index contributed by atoms with van der Waals surface area (Å²) in [5.74, 6) is -0.202. The van der Waals surface area contributed by atoms with Gasteiger partial charge in [-0.25, -0.2) is 4.79 Å². The lowest BCUT2D eigenvalue weighted by Crippen LogP contribution is -2.51. The van der Waals surface area contributed by atoms with Gasteiger partial charge in [-0.2, -0.15) is 0 Å². The summed E-state index contributed by atoms with van der Waals surface area (Å²) in [5, 5.41) is 9.61. The van der Waals surface area contributed by atoms with Crippen molar-refractivity contribution in [3.8, 4) is 0 Å². The Kier molecular flexibility index (Phi) is 7.86. The number of amides is 3. The van der Waals surface area contributed by atoms with Gasteiger partial charge in [0.05, 0.1) is 0 Å². The number of nitrogens with two attached hydrogens (primary N) is 1. The molecule has 0 bridgehead atoms. The van der Waals surface area contributed by atoms with E-state index in [9.17, 15) is 9.59 Å². The number of fused-ring (bicyclic) bond motifs is 1. The molecule has 3 aromatic rings. The molecule has 7 heteroatoms. The van der Waals surface area contributed by atoms with Crippen LogP contribution in [0.25, 0.3) is 10.9 Å². The quantitative estimate of drug-likeness (QED) is 0.333. The molecule has 6 N–H and O–H groups in total. The highest BCUT2D eigenvalue weighted by atomic mass is 16.2. The first kappa shape index (κ1) is 21.4. The number of urea groups is 1. The molecule has 0 spiro atoms. The average Bonchev–Trinajstić information content (AvgIpc) is 3.18. The normalized spacial score (nSPS) is 11.8. The number of rotatable bonds is 10. The molecule has 0 saturated carbocycles. The molecule has 3 rings (SSSR count). The molecule has 0 radical (unpaired) electrons. The second kappa shape index (κ2) is 11.0. The topological polar surface area (TPSA) is 112 Å². The van der Waals surface area contributed by atoms with Crippen molar-refractivity contribution in [1.82, 2.24) is 20.9 Å². The van der Waals surface area contributed by atoms with Crippen LogP contribution in [0.2, 0.25) is 0 Å². The zero-order valence-corrected chi connectivity index (χ0v) is 17.0. The Morgan fingerprint density at radius 3 is 2.53 bits per heavy atom. The Hall–Kier alpha value is -3.32. The highest BCUT2D eigenvalue weighted by Crippen LogP contribution is 2.19. The van der Waals surface area contributed by atoms with Crippen molar-refractivity contribution in [2.24, 2.45) is 5.73 Å². The van der Waals surface area contributed by atoms with Crippen LogP contribution in [-0.2, 0) is 17.8 Å². The van der Waals surface area contributed by atoms with Crippen LogP contribution < -0.4 is 21.7 Å². The number of nitrogens with one attached hydrogen (secondary N) is 4. The van der Waals surface area contributed by atoms with Crippen LogP contribution in [0.15, 0.2) is 60.8 Å². The van der Waals surface area contributed by atoms with E-state index in [0.29, 0.717) is 26.1 Å². The summed E-state index contributed by atoms with van der Waals surface area (Å²) in [6, 6.07) is 16.5. The fourth-order valence-electron chi connectivity index (χ4n) is 3.32. The van der Waals surface area contributed by atoms with Crippen molar-refractivity contribution in [1.29, 1.82) is 0 Å². The van der Waals surface area contributed by atoms with Crippen molar-refractivity contribution in [2.45, 2.75) is 31.8 Å². The lowest BCUT2D eigenvalue weighted by Gasteiger charge is -2.19. The van der Waals surface area contributed by atoms with E-state index < -0.39 is 6.04 Å². The molecule has 1 atom stereocenters. The predicted molar refractivity (Wildman–Crippen MR) is 119 cm³/mol. The van der Waals surface area contributed by atoms with Gasteiger partial charge in [0.1, 0.15) is 6.04 Å². The molecule has 1 aromatic heterocycles. The molecule has 0 unspecified atom stereocenters. The second-order valence-electron chi connectivity index (χ2n) is 7.22. The Bertz CT molecular complexity index is 954. The molecule has 0 fully saturated rings. The Morgan fingerprint density at radius 1 is 0.967 bits per heavy atom. The van der Waals surface area contributed by atoms with Crippen molar-refractivity contribution in [3.05, 3.63) is 71.9 Å². The molecule has 158 valence electrons. The fourth-order valence-corrected chi connectivity index (χ4v) is 3.32. The maximum atomic E-state index is 12.8. The first-order valence-electron chi connectivity index (χ1n) is 10.3. The zero-order valence-electron chi connectivity index (χ0n) is 17.0. The smallest absolute Gasteiger partial charge is 0.315 e. The van der Waals surface area contributed by atoms with Crippen LogP contribution in [0.1, 0.15) is 24.0 Å². The van der Waals surface area contributed by atoms with Crippen LogP contribution in [0.5, 0.6) is 0 Å². The molecule has 3 amide bonds. The first-order valence-corrected chi connectivity index (χ1v) is 10.3. The van der Waals surface area contributed by atoms with Gasteiger partial charge < -0.3 is 26.7 Å². The Balaban J connectivity index is 1.65. The number of hydrogen-bond donors (Lipinski definition) is 5. The minimum absolute atomic E-state index is 0.202. The van der Waals surface area contributed by atoms with Crippen LogP contribution >= 0.6 is 0 Å². The summed E-state index contributed by atoms with van der Waals surface area (Å²) in [4.78, 5) is 28.5. The van der Waals surface area contributed by atoms with Gasteiger partial charge >= 0.3 is 6.03 Å². The number of carbonyl (C=O) groups is 2. The van der Waals surface area contributed by atoms with Crippen LogP contribution in [0, 0.1) is 0 Å². The molecule has 1 heterocycles. The zero-order chi connectivity index (χ0) is 21.2. The van der Waals surface area contributed by atoms with Gasteiger partial charge in [-0.3, -0.25) is 4.79 Å². The van der Waals surface area contributed by atoms with Crippen LogP contribution in [-0.4, -0.2) is 36.1 Å². The third-order valence-electron chi connectivity index (χ3n) is 4.95. The summed E-state index contributed by atoms with van der Waals surface area (Å²) in [7, 11) is 0. The summed E-state index contributed by atoms with van der Waals surface area (Å²) in [5.41, 5.74) is 8.49. The molecule has 30 heavy (non-hydrogen) atoms. The number of H-pyrrole nitrogens is 1. The van der Waals surface area contributed by atoms with E-state index >= 15 is 0 Å². The molecule has 0 aliphatic heterocycles. The van der Waals surface area contributed by atoms with Gasteiger partial charge in [0.25, 0.3) is 0 Å². The van der Waals surface area contributed by atoms with E-state index in [2.05, 4.69) is 20.9 Å². The summed E-state index contributed by atoms with van der Waals surface area (Å²) in [6.45, 7) is 1.52. The first-order chi connectivity index (χ1) is 14.7. The Labute approximate surface area is 176 Å². The molecule has 7 nitrogen and oxygen atoms in total. The van der Waals surface area contributed by atoms with Gasteiger partial charge in [0.2, 0.25) is 5.91 Å². The molecule has 0 saturated heterocycles. The summed E-state index contributed by atoms with van der Waals surface area (Å²) < 4.78 is 0. The van der Waals surface area contributed by atoms with Gasteiger partial charge in [-0.15, -0.1) is 0 Å². The number of hydrogen-bond acceptors (Lipinski definition) is 3. The minimum atomic E-state index is -0.683. The maximum Gasteiger partial charge on any atom is 0.315 e. The summed E-state index contributed by atoms with van der Waals surface area (Å²) in [6.07, 6.45) is 3.94. The van der Waals surface area contributed by atoms with E-state index in [0.717, 1.165) is 34.9 Å². The molecular weight excluding hydrogens is 378 g/mol. The van der Waals surface area contributed by atoms with Gasteiger partial charge in [-0.1, -0.05) is 48.5 Å². The fraction of sp³-hybridized carbons (Fsp3) is 0.304. The van der Waals surface area contributed by atoms with Gasteiger partial charge in [0, 0.05) is 36.6 Å². The predicted octanol–water partition coefficient (Wildman–Crippen LogP) is 2.43. The number of para-hydroxylation sites is 1. The lowest BCUT2D eigenvalue weighted by atomic mass is 10.0. The standard InChI is InChI=1S/C23H29N5O2/c24-12-6-7-13-25-22(29)21(14-18-16-26-20-11-5-4-10-19(18)20)28-23(30)27-15-17-8-2-1-3-9-17/h1-5,8-11,16,21,26H,6-7,12-15,24H2,(H,25,29)(H2,27,28,30)/t21-/m1/s1. The Morgan fingerprint density at radius 2 is 1.73 bits per heavy atom. The molecule has 2 aromatic carbocycles. The minimum Gasteiger partial charge on any atom is -0.361 e. The largest absolute Gasteiger partial charge is 0.361 e. The van der Waals surface area contributed by atoms with E-state index in [-0.39, 0.29) is 11.9 Å². The van der Waals surface area contributed by atoms with E-state index in [4.69, 9.17) is 5.73 Å². The SMILES string of the molecule is NCCCCNC(=O)[C@@H](Cc1c[nH]c2ccccc12)NC(=O)NCc1ccccc1. The number of carbonyl (C=O) groups excluding carboxylic acids is 2. The molecular formula is C23H29N5O2. The maximum absolute atomic E-state index is 12.8. The van der Waals surface area contributed by atoms with E-state index in [1.165, 1.54) is 0 Å². The number of unbranched alkanes of at least 4 members (excludes halogenated alkanes) is 1. The van der Waals surface area contributed by atoms with Crippen molar-refractivity contribution in [3.63, 3.8) is 0 Å². The summed E-state index contributed by atoms with van der Waals surface area (Å²) >= 11 is 0. The highest BCUT2D eigenvalue weighted by molar-refractivity contribution is 5.89. The van der Waals surface area contributed by atoms with Crippen molar-refractivity contribution >= 4 is 22.8 Å². The van der Waals surface area contributed by atoms with Crippen LogP contribution in [0.4, 0.5) is 4.79 Å². The molecule has 0 aliphatic rings. The third-order valence-corrected chi connectivity index (χ3v) is 4.95. The number of aromatic nitrogens is 1. The monoisotopic (exact) mass is 407 g/mol. The van der Waals surface area contributed by atoms with Gasteiger partial charge in [-0.05, 0) is 36.6 Å². The van der Waals surface area contributed by atoms with Crippen LogP contribution in [0.3, 0.4) is 0 Å². The number of aromatic amines is 1. The van der Waals surface area contributed by atoms with Gasteiger partial charge in [0.15, 0.2) is 0 Å². The third kappa shape index (κ3) is 6.09. The average molecular weight is 408 g/mol. The van der Waals surface area contributed by atoms with E-state index in [1.807, 2.05) is 60.8 Å². The lowest BCUT2D eigenvalue weighted by molar-refractivity contribution is -0.122. The second-order valence-corrected chi connectivity index (χ2v) is 7.22. The van der Waals surface area contributed by atoms with E-state index in [1.54, 1.807) is 0 Å².